The van der Waals surface area contributed by atoms with Crippen LogP contribution in [0.15, 0.2) is 78.9 Å². The van der Waals surface area contributed by atoms with Gasteiger partial charge >= 0.3 is 0 Å². The fourth-order valence-electron chi connectivity index (χ4n) is 4.32. The van der Waals surface area contributed by atoms with E-state index in [1.165, 1.54) is 39.8 Å². The van der Waals surface area contributed by atoms with Crippen molar-refractivity contribution in [1.29, 1.82) is 0 Å². The normalized spacial score (nSPS) is 19.3. The summed E-state index contributed by atoms with van der Waals surface area (Å²) in [5.74, 6) is -1.42. The van der Waals surface area contributed by atoms with Gasteiger partial charge in [0.15, 0.2) is 0 Å². The molecule has 0 bridgehead atoms. The molecule has 1 fully saturated rings. The average molecular weight is 462 g/mol. The van der Waals surface area contributed by atoms with Gasteiger partial charge in [0.2, 0.25) is 16.7 Å². The standard InChI is InChI=1S/C25H20FN3O3S/c26-18-9-6-10-19(13-18)29-23(31)16-33-25(29)20-11-4-5-12-21(20)28(24(25)32)15-22(30)27-14-17-7-2-1-3-8-17/h1-13H,14-16H2,(H,27,30). The summed E-state index contributed by atoms with van der Waals surface area (Å²) in [6.45, 7) is 0.160. The molecule has 6 nitrogen and oxygen atoms in total. The molecule has 3 aromatic rings. The fourth-order valence-corrected chi connectivity index (χ4v) is 5.68. The lowest BCUT2D eigenvalue weighted by atomic mass is 10.0. The smallest absolute Gasteiger partial charge is 0.269 e. The monoisotopic (exact) mass is 461 g/mol. The van der Waals surface area contributed by atoms with E-state index in [9.17, 15) is 18.8 Å². The second kappa shape index (κ2) is 8.37. The van der Waals surface area contributed by atoms with Gasteiger partial charge in [-0.15, -0.1) is 11.8 Å². The summed E-state index contributed by atoms with van der Waals surface area (Å²) in [6, 6.07) is 22.3. The molecule has 0 aliphatic carbocycles. The molecule has 5 rings (SSSR count). The zero-order valence-corrected chi connectivity index (χ0v) is 18.3. The topological polar surface area (TPSA) is 69.7 Å². The van der Waals surface area contributed by atoms with Crippen LogP contribution in [0.1, 0.15) is 11.1 Å². The van der Waals surface area contributed by atoms with Gasteiger partial charge in [-0.2, -0.15) is 0 Å². The molecule has 0 aromatic heterocycles. The number of nitrogens with one attached hydrogen (secondary N) is 1. The molecular formula is C25H20FN3O3S. The summed E-state index contributed by atoms with van der Waals surface area (Å²) >= 11 is 1.19. The second-order valence-corrected chi connectivity index (χ2v) is 8.98. The summed E-state index contributed by atoms with van der Waals surface area (Å²) in [5.41, 5.74) is 2.44. The highest BCUT2D eigenvalue weighted by Gasteiger charge is 2.61. The summed E-state index contributed by atoms with van der Waals surface area (Å²) in [6.07, 6.45) is 0. The Morgan fingerprint density at radius 2 is 1.76 bits per heavy atom. The molecule has 2 aliphatic rings. The molecule has 3 aromatic carbocycles. The molecule has 8 heteroatoms. The Kier molecular flexibility index (Phi) is 5.38. The Labute approximate surface area is 194 Å². The molecule has 3 amide bonds. The SMILES string of the molecule is O=C(CN1C(=O)C2(SCC(=O)N2c2cccc(F)c2)c2ccccc21)NCc1ccccc1. The average Bonchev–Trinajstić information content (AvgIpc) is 3.29. The number of nitrogens with zero attached hydrogens (tertiary/aromatic N) is 2. The van der Waals surface area contributed by atoms with Gasteiger partial charge in [-0.05, 0) is 29.8 Å². The zero-order chi connectivity index (χ0) is 23.0. The van der Waals surface area contributed by atoms with Crippen molar-refractivity contribution < 1.29 is 18.8 Å². The number of benzene rings is 3. The number of hydrogen-bond donors (Lipinski definition) is 1. The van der Waals surface area contributed by atoms with E-state index in [1.54, 1.807) is 30.3 Å². The molecule has 2 aliphatic heterocycles. The Morgan fingerprint density at radius 1 is 1.00 bits per heavy atom. The predicted octanol–water partition coefficient (Wildman–Crippen LogP) is 3.42. The maximum atomic E-state index is 14.0. The third-order valence-corrected chi connectivity index (χ3v) is 7.15. The molecule has 166 valence electrons. The van der Waals surface area contributed by atoms with Gasteiger partial charge in [-0.1, -0.05) is 54.6 Å². The maximum Gasteiger partial charge on any atom is 0.269 e. The minimum absolute atomic E-state index is 0.0740. The second-order valence-electron chi connectivity index (χ2n) is 7.81. The van der Waals surface area contributed by atoms with Gasteiger partial charge in [-0.25, -0.2) is 4.39 Å². The quantitative estimate of drug-likeness (QED) is 0.632. The summed E-state index contributed by atoms with van der Waals surface area (Å²) < 4.78 is 14.0. The minimum Gasteiger partial charge on any atom is -0.350 e. The van der Waals surface area contributed by atoms with E-state index in [1.807, 2.05) is 30.3 Å². The number of hydrogen-bond acceptors (Lipinski definition) is 4. The van der Waals surface area contributed by atoms with Crippen molar-refractivity contribution in [2.75, 3.05) is 22.1 Å². The number of rotatable bonds is 5. The Hall–Kier alpha value is -3.65. The van der Waals surface area contributed by atoms with Crippen molar-refractivity contribution in [2.24, 2.45) is 0 Å². The summed E-state index contributed by atoms with van der Waals surface area (Å²) in [5, 5.41) is 2.85. The molecule has 1 N–H and O–H groups in total. The number of anilines is 2. The maximum absolute atomic E-state index is 14.0. The lowest BCUT2D eigenvalue weighted by Crippen LogP contribution is -2.51. The first-order valence-electron chi connectivity index (χ1n) is 10.5. The van der Waals surface area contributed by atoms with Crippen molar-refractivity contribution in [3.8, 4) is 0 Å². The molecule has 33 heavy (non-hydrogen) atoms. The molecule has 2 heterocycles. The first-order valence-corrected chi connectivity index (χ1v) is 11.4. The van der Waals surface area contributed by atoms with Crippen molar-refractivity contribution in [3.63, 3.8) is 0 Å². The van der Waals surface area contributed by atoms with Crippen LogP contribution in [0.3, 0.4) is 0 Å². The third kappa shape index (κ3) is 3.56. The van der Waals surface area contributed by atoms with E-state index in [4.69, 9.17) is 0 Å². The van der Waals surface area contributed by atoms with Crippen molar-refractivity contribution in [1.82, 2.24) is 5.32 Å². The van der Waals surface area contributed by atoms with Crippen LogP contribution >= 0.6 is 11.8 Å². The van der Waals surface area contributed by atoms with Crippen molar-refractivity contribution in [2.45, 2.75) is 11.4 Å². The van der Waals surface area contributed by atoms with E-state index in [2.05, 4.69) is 5.32 Å². The first kappa shape index (κ1) is 21.2. The van der Waals surface area contributed by atoms with E-state index < -0.39 is 16.6 Å². The summed E-state index contributed by atoms with van der Waals surface area (Å²) in [7, 11) is 0. The predicted molar refractivity (Wildman–Crippen MR) is 125 cm³/mol. The van der Waals surface area contributed by atoms with Gasteiger partial charge in [0, 0.05) is 17.8 Å². The highest BCUT2D eigenvalue weighted by Crippen LogP contribution is 2.55. The third-order valence-electron chi connectivity index (χ3n) is 5.76. The number of amides is 3. The van der Waals surface area contributed by atoms with E-state index in [-0.39, 0.29) is 24.1 Å². The number of thioether (sulfide) groups is 1. The van der Waals surface area contributed by atoms with Crippen LogP contribution < -0.4 is 15.1 Å². The van der Waals surface area contributed by atoms with Crippen LogP contribution in [0.2, 0.25) is 0 Å². The van der Waals surface area contributed by atoms with Gasteiger partial charge in [0.25, 0.3) is 5.91 Å². The molecule has 1 atom stereocenters. The number of carbonyl (C=O) groups is 3. The number of carbonyl (C=O) groups excluding carboxylic acids is 3. The van der Waals surface area contributed by atoms with Gasteiger partial charge < -0.3 is 5.32 Å². The molecule has 0 saturated carbocycles. The highest BCUT2D eigenvalue weighted by atomic mass is 32.2. The zero-order valence-electron chi connectivity index (χ0n) is 17.5. The van der Waals surface area contributed by atoms with Crippen LogP contribution in [0, 0.1) is 5.82 Å². The van der Waals surface area contributed by atoms with E-state index in [0.717, 1.165) is 5.56 Å². The minimum atomic E-state index is -1.37. The van der Waals surface area contributed by atoms with Crippen LogP contribution in [-0.2, 0) is 25.8 Å². The Balaban J connectivity index is 1.47. The van der Waals surface area contributed by atoms with Gasteiger partial charge in [0.05, 0.1) is 11.4 Å². The lowest BCUT2D eigenvalue weighted by molar-refractivity contribution is -0.125. The van der Waals surface area contributed by atoms with Crippen LogP contribution in [-0.4, -0.2) is 30.0 Å². The van der Waals surface area contributed by atoms with Crippen molar-refractivity contribution >= 4 is 40.9 Å². The number of halogens is 1. The Morgan fingerprint density at radius 3 is 2.55 bits per heavy atom. The van der Waals surface area contributed by atoms with E-state index >= 15 is 0 Å². The van der Waals surface area contributed by atoms with Crippen molar-refractivity contribution in [3.05, 3.63) is 95.8 Å². The highest BCUT2D eigenvalue weighted by molar-refractivity contribution is 8.02. The Bertz CT molecular complexity index is 1250. The number of para-hydroxylation sites is 1. The molecule has 1 spiro atoms. The lowest BCUT2D eigenvalue weighted by Gasteiger charge is -2.33. The molecule has 1 saturated heterocycles. The van der Waals surface area contributed by atoms with Gasteiger partial charge in [-0.3, -0.25) is 24.2 Å². The summed E-state index contributed by atoms with van der Waals surface area (Å²) in [4.78, 5) is 40.9. The van der Waals surface area contributed by atoms with Crippen LogP contribution in [0.4, 0.5) is 15.8 Å². The van der Waals surface area contributed by atoms with Gasteiger partial charge in [0.1, 0.15) is 12.4 Å². The molecule has 1 unspecified atom stereocenters. The van der Waals surface area contributed by atoms with E-state index in [0.29, 0.717) is 23.5 Å². The number of fused-ring (bicyclic) bond motifs is 2. The van der Waals surface area contributed by atoms with Crippen LogP contribution in [0.25, 0.3) is 0 Å². The fraction of sp³-hybridized carbons (Fsp3) is 0.160. The van der Waals surface area contributed by atoms with Crippen LogP contribution in [0.5, 0.6) is 0 Å². The molecule has 0 radical (unpaired) electrons. The molecular weight excluding hydrogens is 441 g/mol. The largest absolute Gasteiger partial charge is 0.350 e. The first-order chi connectivity index (χ1) is 16.0.